The van der Waals surface area contributed by atoms with Crippen LogP contribution in [-0.4, -0.2) is 35.7 Å². The molecule has 1 aliphatic carbocycles. The first kappa shape index (κ1) is 24.2. The Morgan fingerprint density at radius 2 is 1.96 bits per heavy atom. The van der Waals surface area contributed by atoms with Crippen molar-refractivity contribution in [2.24, 2.45) is 10.4 Å². The maximum Gasteiger partial charge on any atom is 0.216 e. The first-order valence-corrected chi connectivity index (χ1v) is 9.97. The van der Waals surface area contributed by atoms with Crippen LogP contribution in [0.3, 0.4) is 0 Å². The average molecular weight is 492 g/mol. The molecule has 0 atom stereocenters. The number of halogens is 1. The Kier molecular flexibility index (Phi) is 10.1. The monoisotopic (exact) mass is 492 g/mol. The van der Waals surface area contributed by atoms with Crippen LogP contribution in [0, 0.1) is 5.41 Å². The molecule has 1 aromatic heterocycles. The Hall–Kier alpha value is -0.830. The lowest BCUT2D eigenvalue weighted by Crippen LogP contribution is -2.44. The Balaban J connectivity index is 0.00000364. The number of aliphatic imine (C=N–C) groups is 1. The SMILES string of the molecule is CCNC(=NCc1ncc(C(C)(C)C)o1)NCC1(CCO)CCCCC1.I. The molecule has 0 bridgehead atoms. The third-order valence-corrected chi connectivity index (χ3v) is 5.20. The van der Waals surface area contributed by atoms with E-state index in [9.17, 15) is 5.11 Å². The fraction of sp³-hybridized carbons (Fsp3) is 0.800. The molecule has 0 radical (unpaired) electrons. The molecule has 0 unspecified atom stereocenters. The van der Waals surface area contributed by atoms with E-state index in [0.717, 1.165) is 31.2 Å². The van der Waals surface area contributed by atoms with Crippen molar-refractivity contribution in [3.8, 4) is 0 Å². The highest BCUT2D eigenvalue weighted by atomic mass is 127. The maximum atomic E-state index is 9.48. The molecular weight excluding hydrogens is 455 g/mol. The van der Waals surface area contributed by atoms with Crippen molar-refractivity contribution in [2.45, 2.75) is 78.2 Å². The minimum absolute atomic E-state index is 0. The van der Waals surface area contributed by atoms with Gasteiger partial charge in [0.2, 0.25) is 5.89 Å². The molecule has 0 spiro atoms. The van der Waals surface area contributed by atoms with Crippen LogP contribution in [0.4, 0.5) is 0 Å². The highest BCUT2D eigenvalue weighted by Gasteiger charge is 2.31. The zero-order chi connectivity index (χ0) is 19.0. The number of guanidine groups is 1. The van der Waals surface area contributed by atoms with Gasteiger partial charge >= 0.3 is 0 Å². The van der Waals surface area contributed by atoms with Crippen LogP contribution >= 0.6 is 24.0 Å². The number of hydrogen-bond donors (Lipinski definition) is 3. The zero-order valence-electron chi connectivity index (χ0n) is 17.3. The van der Waals surface area contributed by atoms with E-state index < -0.39 is 0 Å². The Morgan fingerprint density at radius 1 is 1.26 bits per heavy atom. The van der Waals surface area contributed by atoms with Gasteiger partial charge in [0.15, 0.2) is 5.96 Å². The van der Waals surface area contributed by atoms with Crippen molar-refractivity contribution < 1.29 is 9.52 Å². The van der Waals surface area contributed by atoms with Gasteiger partial charge in [-0.25, -0.2) is 9.98 Å². The first-order chi connectivity index (χ1) is 12.4. The van der Waals surface area contributed by atoms with Crippen LogP contribution in [0.15, 0.2) is 15.6 Å². The minimum Gasteiger partial charge on any atom is -0.443 e. The van der Waals surface area contributed by atoms with Crippen molar-refractivity contribution in [1.29, 1.82) is 0 Å². The Labute approximate surface area is 181 Å². The van der Waals surface area contributed by atoms with E-state index in [-0.39, 0.29) is 41.4 Å². The van der Waals surface area contributed by atoms with E-state index >= 15 is 0 Å². The predicted octanol–water partition coefficient (Wildman–Crippen LogP) is 3.98. The molecule has 1 heterocycles. The fourth-order valence-corrected chi connectivity index (χ4v) is 3.54. The molecule has 0 saturated heterocycles. The maximum absolute atomic E-state index is 9.48. The smallest absolute Gasteiger partial charge is 0.216 e. The molecule has 3 N–H and O–H groups in total. The van der Waals surface area contributed by atoms with Crippen molar-refractivity contribution in [3.63, 3.8) is 0 Å². The summed E-state index contributed by atoms with van der Waals surface area (Å²) in [5.41, 5.74) is 0.140. The highest BCUT2D eigenvalue weighted by Crippen LogP contribution is 2.38. The third kappa shape index (κ3) is 7.60. The molecule has 0 amide bonds. The Bertz CT molecular complexity index is 569. The minimum atomic E-state index is -0.0463. The van der Waals surface area contributed by atoms with Gasteiger partial charge in [0.25, 0.3) is 0 Å². The van der Waals surface area contributed by atoms with E-state index in [1.807, 2.05) is 0 Å². The molecule has 0 aromatic carbocycles. The lowest BCUT2D eigenvalue weighted by atomic mass is 9.72. The van der Waals surface area contributed by atoms with Crippen LogP contribution in [0.1, 0.15) is 77.9 Å². The largest absolute Gasteiger partial charge is 0.443 e. The van der Waals surface area contributed by atoms with Crippen LogP contribution < -0.4 is 10.6 Å². The zero-order valence-corrected chi connectivity index (χ0v) is 19.6. The van der Waals surface area contributed by atoms with E-state index in [1.165, 1.54) is 32.1 Å². The second-order valence-corrected chi connectivity index (χ2v) is 8.45. The van der Waals surface area contributed by atoms with Gasteiger partial charge in [-0.05, 0) is 31.6 Å². The number of nitrogens with zero attached hydrogens (tertiary/aromatic N) is 2. The third-order valence-electron chi connectivity index (χ3n) is 5.20. The molecule has 1 fully saturated rings. The predicted molar refractivity (Wildman–Crippen MR) is 121 cm³/mol. The number of oxazole rings is 1. The summed E-state index contributed by atoms with van der Waals surface area (Å²) in [6.45, 7) is 10.7. The molecule has 2 rings (SSSR count). The quantitative estimate of drug-likeness (QED) is 0.305. The number of rotatable bonds is 7. The van der Waals surface area contributed by atoms with E-state index in [0.29, 0.717) is 12.4 Å². The second-order valence-electron chi connectivity index (χ2n) is 8.45. The number of aliphatic hydroxyl groups is 1. The molecular formula is C20H37IN4O2. The van der Waals surface area contributed by atoms with E-state index in [4.69, 9.17) is 4.42 Å². The van der Waals surface area contributed by atoms with Gasteiger partial charge < -0.3 is 20.2 Å². The summed E-state index contributed by atoms with van der Waals surface area (Å²) in [7, 11) is 0. The fourth-order valence-electron chi connectivity index (χ4n) is 3.54. The van der Waals surface area contributed by atoms with Crippen molar-refractivity contribution in [1.82, 2.24) is 15.6 Å². The van der Waals surface area contributed by atoms with Gasteiger partial charge in [-0.3, -0.25) is 0 Å². The molecule has 27 heavy (non-hydrogen) atoms. The van der Waals surface area contributed by atoms with Gasteiger partial charge in [0, 0.05) is 25.1 Å². The second kappa shape index (κ2) is 11.2. The van der Waals surface area contributed by atoms with Crippen molar-refractivity contribution in [3.05, 3.63) is 17.8 Å². The summed E-state index contributed by atoms with van der Waals surface area (Å²) >= 11 is 0. The molecule has 6 nitrogen and oxygen atoms in total. The molecule has 1 aromatic rings. The molecule has 0 aliphatic heterocycles. The Morgan fingerprint density at radius 3 is 2.52 bits per heavy atom. The van der Waals surface area contributed by atoms with E-state index in [1.54, 1.807) is 6.20 Å². The van der Waals surface area contributed by atoms with Gasteiger partial charge in [-0.15, -0.1) is 24.0 Å². The average Bonchev–Trinajstić information content (AvgIpc) is 3.08. The molecule has 7 heteroatoms. The molecule has 1 saturated carbocycles. The van der Waals surface area contributed by atoms with Gasteiger partial charge in [-0.2, -0.15) is 0 Å². The van der Waals surface area contributed by atoms with Gasteiger partial charge in [0.05, 0.1) is 6.20 Å². The summed E-state index contributed by atoms with van der Waals surface area (Å²) in [6.07, 6.45) is 8.81. The van der Waals surface area contributed by atoms with E-state index in [2.05, 4.69) is 48.3 Å². The topological polar surface area (TPSA) is 82.7 Å². The standard InChI is InChI=1S/C20H36N4O2.HI/c1-5-21-18(23-14-17-22-13-16(26-17)19(2,3)4)24-15-20(11-12-25)9-7-6-8-10-20;/h13,25H,5-12,14-15H2,1-4H3,(H2,21,23,24);1H. The lowest BCUT2D eigenvalue weighted by molar-refractivity contribution is 0.131. The van der Waals surface area contributed by atoms with Gasteiger partial charge in [0.1, 0.15) is 12.3 Å². The molecule has 1 aliphatic rings. The van der Waals surface area contributed by atoms with Gasteiger partial charge in [-0.1, -0.05) is 40.0 Å². The number of hydrogen-bond acceptors (Lipinski definition) is 4. The normalized spacial score (nSPS) is 17.3. The number of aliphatic hydroxyl groups excluding tert-OH is 1. The van der Waals surface area contributed by atoms with Crippen molar-refractivity contribution >= 4 is 29.9 Å². The van der Waals surface area contributed by atoms with Crippen LogP contribution in [-0.2, 0) is 12.0 Å². The first-order valence-electron chi connectivity index (χ1n) is 9.97. The van der Waals surface area contributed by atoms with Crippen LogP contribution in [0.5, 0.6) is 0 Å². The highest BCUT2D eigenvalue weighted by molar-refractivity contribution is 14.0. The summed E-state index contributed by atoms with van der Waals surface area (Å²) < 4.78 is 5.82. The van der Waals surface area contributed by atoms with Crippen LogP contribution in [0.25, 0.3) is 0 Å². The lowest BCUT2D eigenvalue weighted by Gasteiger charge is -2.37. The summed E-state index contributed by atoms with van der Waals surface area (Å²) in [4.78, 5) is 8.98. The summed E-state index contributed by atoms with van der Waals surface area (Å²) in [5.74, 6) is 2.30. The number of nitrogens with one attached hydrogen (secondary N) is 2. The number of aromatic nitrogens is 1. The van der Waals surface area contributed by atoms with Crippen molar-refractivity contribution in [2.75, 3.05) is 19.7 Å². The molecule has 156 valence electrons. The summed E-state index contributed by atoms with van der Waals surface area (Å²) in [6, 6.07) is 0. The van der Waals surface area contributed by atoms with Crippen LogP contribution in [0.2, 0.25) is 0 Å². The summed E-state index contributed by atoms with van der Waals surface area (Å²) in [5, 5.41) is 16.3.